The standard InChI is InChI=1S/C22H23N5O2S/c1-15(28)27-14-16(17-6-2-3-7-20(17)27)13-23-9-5-10-24-22(29)19-12-18(25-26-19)21-8-4-11-30-21/h2-4,6-8,11-12,14,23H,5,9-10,13H2,1H3,(H,24,29)(H,25,26). The monoisotopic (exact) mass is 421 g/mol. The topological polar surface area (TPSA) is 91.8 Å². The Morgan fingerprint density at radius 2 is 2.03 bits per heavy atom. The van der Waals surface area contributed by atoms with E-state index in [9.17, 15) is 9.59 Å². The van der Waals surface area contributed by atoms with Gasteiger partial charge >= 0.3 is 0 Å². The first-order chi connectivity index (χ1) is 14.6. The van der Waals surface area contributed by atoms with Gasteiger partial charge < -0.3 is 10.6 Å². The molecule has 0 radical (unpaired) electrons. The predicted molar refractivity (Wildman–Crippen MR) is 119 cm³/mol. The maximum atomic E-state index is 12.2. The molecular formula is C22H23N5O2S. The first-order valence-electron chi connectivity index (χ1n) is 9.81. The Morgan fingerprint density at radius 1 is 1.17 bits per heavy atom. The van der Waals surface area contributed by atoms with E-state index in [2.05, 4.69) is 20.8 Å². The summed E-state index contributed by atoms with van der Waals surface area (Å²) in [6, 6.07) is 13.6. The highest BCUT2D eigenvalue weighted by molar-refractivity contribution is 7.13. The van der Waals surface area contributed by atoms with Crippen LogP contribution < -0.4 is 10.6 Å². The van der Waals surface area contributed by atoms with Crippen LogP contribution in [0.25, 0.3) is 21.5 Å². The molecule has 0 aliphatic rings. The first-order valence-corrected chi connectivity index (χ1v) is 10.7. The summed E-state index contributed by atoms with van der Waals surface area (Å²) in [5.41, 5.74) is 3.25. The lowest BCUT2D eigenvalue weighted by atomic mass is 10.2. The molecule has 0 aliphatic heterocycles. The van der Waals surface area contributed by atoms with Crippen LogP contribution in [0.4, 0.5) is 0 Å². The largest absolute Gasteiger partial charge is 0.351 e. The van der Waals surface area contributed by atoms with E-state index in [0.29, 0.717) is 18.8 Å². The molecule has 8 heteroatoms. The molecule has 0 saturated heterocycles. The first kappa shape index (κ1) is 20.1. The fraction of sp³-hybridized carbons (Fsp3) is 0.227. The lowest BCUT2D eigenvalue weighted by Gasteiger charge is -2.05. The van der Waals surface area contributed by atoms with Gasteiger partial charge in [0.15, 0.2) is 5.69 Å². The second-order valence-electron chi connectivity index (χ2n) is 6.99. The second kappa shape index (κ2) is 9.06. The average Bonchev–Trinajstić information content (AvgIpc) is 3.50. The molecule has 7 nitrogen and oxygen atoms in total. The van der Waals surface area contributed by atoms with Crippen molar-refractivity contribution >= 4 is 34.1 Å². The summed E-state index contributed by atoms with van der Waals surface area (Å²) in [5, 5.41) is 16.3. The maximum Gasteiger partial charge on any atom is 0.271 e. The highest BCUT2D eigenvalue weighted by Gasteiger charge is 2.12. The number of para-hydroxylation sites is 1. The zero-order valence-corrected chi connectivity index (χ0v) is 17.5. The number of thiophene rings is 1. The molecule has 1 amide bonds. The fourth-order valence-electron chi connectivity index (χ4n) is 3.38. The second-order valence-corrected chi connectivity index (χ2v) is 7.94. The molecule has 0 fully saturated rings. The summed E-state index contributed by atoms with van der Waals surface area (Å²) in [4.78, 5) is 25.1. The van der Waals surface area contributed by atoms with Crippen LogP contribution in [0.1, 0.15) is 34.2 Å². The molecule has 1 aromatic carbocycles. The van der Waals surface area contributed by atoms with E-state index in [1.807, 2.05) is 48.0 Å². The van der Waals surface area contributed by atoms with Gasteiger partial charge in [0.2, 0.25) is 5.91 Å². The van der Waals surface area contributed by atoms with Crippen molar-refractivity contribution in [2.24, 2.45) is 0 Å². The normalized spacial score (nSPS) is 11.1. The third-order valence-corrected chi connectivity index (χ3v) is 5.77. The van der Waals surface area contributed by atoms with Crippen molar-refractivity contribution in [3.05, 3.63) is 65.3 Å². The molecule has 0 atom stereocenters. The van der Waals surface area contributed by atoms with Gasteiger partial charge in [0.1, 0.15) is 0 Å². The van der Waals surface area contributed by atoms with Crippen LogP contribution in [0.15, 0.2) is 54.0 Å². The van der Waals surface area contributed by atoms with E-state index in [0.717, 1.165) is 40.0 Å². The van der Waals surface area contributed by atoms with Crippen molar-refractivity contribution in [2.45, 2.75) is 19.9 Å². The number of carbonyl (C=O) groups is 2. The number of benzene rings is 1. The van der Waals surface area contributed by atoms with E-state index in [4.69, 9.17) is 0 Å². The van der Waals surface area contributed by atoms with Gasteiger partial charge in [-0.1, -0.05) is 24.3 Å². The Morgan fingerprint density at radius 3 is 2.83 bits per heavy atom. The van der Waals surface area contributed by atoms with E-state index in [-0.39, 0.29) is 11.8 Å². The van der Waals surface area contributed by atoms with Crippen LogP contribution in [0.3, 0.4) is 0 Å². The van der Waals surface area contributed by atoms with E-state index >= 15 is 0 Å². The summed E-state index contributed by atoms with van der Waals surface area (Å²) >= 11 is 1.60. The highest BCUT2D eigenvalue weighted by atomic mass is 32.1. The van der Waals surface area contributed by atoms with Gasteiger partial charge in [-0.05, 0) is 42.1 Å². The number of fused-ring (bicyclic) bond motifs is 1. The Balaban J connectivity index is 1.23. The molecule has 3 aromatic heterocycles. The van der Waals surface area contributed by atoms with Crippen molar-refractivity contribution in [3.8, 4) is 10.6 Å². The third-order valence-electron chi connectivity index (χ3n) is 4.86. The van der Waals surface area contributed by atoms with Gasteiger partial charge in [0.05, 0.1) is 16.1 Å². The molecule has 0 bridgehead atoms. The smallest absolute Gasteiger partial charge is 0.271 e. The zero-order chi connectivity index (χ0) is 20.9. The number of carbonyl (C=O) groups excluding carboxylic acids is 2. The van der Waals surface area contributed by atoms with E-state index in [1.165, 1.54) is 0 Å². The third kappa shape index (κ3) is 4.34. The van der Waals surface area contributed by atoms with Crippen molar-refractivity contribution < 1.29 is 9.59 Å². The van der Waals surface area contributed by atoms with Crippen LogP contribution in [0.5, 0.6) is 0 Å². The van der Waals surface area contributed by atoms with Crippen LogP contribution in [-0.4, -0.2) is 39.7 Å². The van der Waals surface area contributed by atoms with Gasteiger partial charge in [0, 0.05) is 31.6 Å². The molecule has 4 rings (SSSR count). The average molecular weight is 422 g/mol. The Hall–Kier alpha value is -3.23. The minimum Gasteiger partial charge on any atom is -0.351 e. The number of nitrogens with one attached hydrogen (secondary N) is 3. The Labute approximate surface area is 178 Å². The summed E-state index contributed by atoms with van der Waals surface area (Å²) in [6.07, 6.45) is 2.68. The van der Waals surface area contributed by atoms with Crippen molar-refractivity contribution in [1.29, 1.82) is 0 Å². The molecule has 0 aliphatic carbocycles. The van der Waals surface area contributed by atoms with Gasteiger partial charge in [-0.2, -0.15) is 5.10 Å². The lowest BCUT2D eigenvalue weighted by Crippen LogP contribution is -2.27. The number of aromatic amines is 1. The molecule has 3 N–H and O–H groups in total. The minimum absolute atomic E-state index is 0.000708. The van der Waals surface area contributed by atoms with Crippen molar-refractivity contribution in [1.82, 2.24) is 25.4 Å². The fourth-order valence-corrected chi connectivity index (χ4v) is 4.07. The van der Waals surface area contributed by atoms with Crippen LogP contribution >= 0.6 is 11.3 Å². The van der Waals surface area contributed by atoms with E-state index in [1.54, 1.807) is 28.9 Å². The van der Waals surface area contributed by atoms with Gasteiger partial charge in [-0.25, -0.2) is 0 Å². The molecule has 0 spiro atoms. The van der Waals surface area contributed by atoms with E-state index < -0.39 is 0 Å². The summed E-state index contributed by atoms with van der Waals surface area (Å²) < 4.78 is 1.68. The molecule has 4 aromatic rings. The quantitative estimate of drug-likeness (QED) is 0.379. The number of amides is 1. The van der Waals surface area contributed by atoms with Crippen LogP contribution in [0.2, 0.25) is 0 Å². The Bertz CT molecular complexity index is 1160. The van der Waals surface area contributed by atoms with Gasteiger partial charge in [-0.15, -0.1) is 11.3 Å². The molecular weight excluding hydrogens is 398 g/mol. The number of rotatable bonds is 8. The number of H-pyrrole nitrogens is 1. The minimum atomic E-state index is -0.182. The van der Waals surface area contributed by atoms with Crippen molar-refractivity contribution in [2.75, 3.05) is 13.1 Å². The number of hydrogen-bond acceptors (Lipinski definition) is 5. The van der Waals surface area contributed by atoms with Crippen molar-refractivity contribution in [3.63, 3.8) is 0 Å². The molecule has 30 heavy (non-hydrogen) atoms. The maximum absolute atomic E-state index is 12.2. The van der Waals surface area contributed by atoms with Gasteiger partial charge in [0.25, 0.3) is 5.91 Å². The number of hydrogen-bond donors (Lipinski definition) is 3. The SMILES string of the molecule is CC(=O)n1cc(CNCCCNC(=O)c2cc(-c3cccs3)[nH]n2)c2ccccc21. The predicted octanol–water partition coefficient (Wildman–Crippen LogP) is 3.66. The molecule has 0 unspecified atom stereocenters. The highest BCUT2D eigenvalue weighted by Crippen LogP contribution is 2.23. The van der Waals surface area contributed by atoms with Crippen LogP contribution in [-0.2, 0) is 6.54 Å². The Kier molecular flexibility index (Phi) is 6.06. The lowest BCUT2D eigenvalue weighted by molar-refractivity contribution is 0.0936. The molecule has 0 saturated carbocycles. The number of aromatic nitrogens is 3. The van der Waals surface area contributed by atoms with Gasteiger partial charge in [-0.3, -0.25) is 19.3 Å². The summed E-state index contributed by atoms with van der Waals surface area (Å²) in [7, 11) is 0. The molecule has 154 valence electrons. The summed E-state index contributed by atoms with van der Waals surface area (Å²) in [5.74, 6) is -0.181. The zero-order valence-electron chi connectivity index (χ0n) is 16.6. The molecule has 3 heterocycles. The van der Waals surface area contributed by atoms with Crippen LogP contribution in [0, 0.1) is 0 Å². The summed E-state index contributed by atoms with van der Waals surface area (Å²) in [6.45, 7) is 3.54. The number of nitrogens with zero attached hydrogens (tertiary/aromatic N) is 2.